The van der Waals surface area contributed by atoms with Gasteiger partial charge in [0, 0.05) is 5.02 Å². The van der Waals surface area contributed by atoms with Crippen molar-refractivity contribution < 1.29 is 4.79 Å². The summed E-state index contributed by atoms with van der Waals surface area (Å²) < 4.78 is 1.31. The molecule has 6 heteroatoms. The van der Waals surface area contributed by atoms with E-state index in [1.54, 1.807) is 30.3 Å². The van der Waals surface area contributed by atoms with Crippen molar-refractivity contribution in [3.8, 4) is 0 Å². The number of nitrogens with zero attached hydrogens (tertiary/aromatic N) is 2. The zero-order valence-corrected chi connectivity index (χ0v) is 13.8. The van der Waals surface area contributed by atoms with E-state index in [9.17, 15) is 9.59 Å². The Kier molecular flexibility index (Phi) is 4.62. The molecule has 0 saturated heterocycles. The topological polar surface area (TPSA) is 64.0 Å². The zero-order chi connectivity index (χ0) is 17.1. The molecule has 0 radical (unpaired) electrons. The number of rotatable bonds is 4. The van der Waals surface area contributed by atoms with Crippen molar-refractivity contribution in [1.29, 1.82) is 0 Å². The summed E-state index contributed by atoms with van der Waals surface area (Å²) in [6.45, 7) is 1.78. The highest BCUT2D eigenvalue weighted by Gasteiger charge is 2.12. The fraction of sp³-hybridized carbons (Fsp3) is 0.167. The van der Waals surface area contributed by atoms with Gasteiger partial charge in [-0.15, -0.1) is 0 Å². The molecule has 1 atom stereocenters. The van der Waals surface area contributed by atoms with Crippen molar-refractivity contribution in [3.05, 3.63) is 75.8 Å². The van der Waals surface area contributed by atoms with Crippen LogP contribution in [0.3, 0.4) is 0 Å². The van der Waals surface area contributed by atoms with Crippen molar-refractivity contribution in [2.24, 2.45) is 0 Å². The van der Waals surface area contributed by atoms with Crippen molar-refractivity contribution in [1.82, 2.24) is 14.9 Å². The molecule has 24 heavy (non-hydrogen) atoms. The van der Waals surface area contributed by atoms with E-state index in [0.717, 1.165) is 5.56 Å². The van der Waals surface area contributed by atoms with Gasteiger partial charge in [0.05, 0.1) is 23.3 Å². The largest absolute Gasteiger partial charge is 0.348 e. The third kappa shape index (κ3) is 3.46. The summed E-state index contributed by atoms with van der Waals surface area (Å²) in [6, 6.07) is 14.2. The molecule has 0 saturated carbocycles. The summed E-state index contributed by atoms with van der Waals surface area (Å²) in [7, 11) is 0. The molecule has 1 heterocycles. The lowest BCUT2D eigenvalue weighted by Gasteiger charge is -2.15. The maximum absolute atomic E-state index is 12.4. The molecule has 2 aromatic carbocycles. The van der Waals surface area contributed by atoms with Crippen LogP contribution >= 0.6 is 11.6 Å². The van der Waals surface area contributed by atoms with Crippen molar-refractivity contribution in [2.75, 3.05) is 0 Å². The smallest absolute Gasteiger partial charge is 0.261 e. The molecule has 0 aliphatic rings. The minimum Gasteiger partial charge on any atom is -0.348 e. The highest BCUT2D eigenvalue weighted by atomic mass is 35.5. The van der Waals surface area contributed by atoms with E-state index in [-0.39, 0.29) is 24.1 Å². The van der Waals surface area contributed by atoms with Crippen molar-refractivity contribution >= 4 is 28.4 Å². The second kappa shape index (κ2) is 6.84. The number of hydrogen-bond acceptors (Lipinski definition) is 3. The zero-order valence-electron chi connectivity index (χ0n) is 13.1. The molecule has 3 rings (SSSR count). The maximum Gasteiger partial charge on any atom is 0.261 e. The lowest BCUT2D eigenvalue weighted by molar-refractivity contribution is -0.122. The van der Waals surface area contributed by atoms with Crippen molar-refractivity contribution in [2.45, 2.75) is 19.5 Å². The maximum atomic E-state index is 12.4. The number of fused-ring (bicyclic) bond motifs is 1. The van der Waals surface area contributed by atoms with E-state index in [0.29, 0.717) is 15.9 Å². The number of amides is 1. The van der Waals surface area contributed by atoms with E-state index in [2.05, 4.69) is 10.3 Å². The van der Waals surface area contributed by atoms with Crippen LogP contribution in [0.15, 0.2) is 59.7 Å². The molecule has 0 aliphatic carbocycles. The number of carbonyl (C=O) groups is 1. The van der Waals surface area contributed by atoms with Crippen LogP contribution in [0.1, 0.15) is 18.5 Å². The number of para-hydroxylation sites is 1. The lowest BCUT2D eigenvalue weighted by atomic mass is 10.1. The van der Waals surface area contributed by atoms with E-state index in [1.165, 1.54) is 10.9 Å². The molecule has 1 N–H and O–H groups in total. The van der Waals surface area contributed by atoms with Gasteiger partial charge in [-0.3, -0.25) is 14.2 Å². The summed E-state index contributed by atoms with van der Waals surface area (Å²) in [5.41, 5.74) is 1.29. The van der Waals surface area contributed by atoms with Gasteiger partial charge in [0.1, 0.15) is 6.54 Å². The second-order valence-electron chi connectivity index (χ2n) is 5.54. The van der Waals surface area contributed by atoms with Gasteiger partial charge in [-0.1, -0.05) is 35.9 Å². The van der Waals surface area contributed by atoms with Gasteiger partial charge in [-0.25, -0.2) is 4.98 Å². The number of nitrogens with one attached hydrogen (secondary N) is 1. The predicted molar refractivity (Wildman–Crippen MR) is 94.0 cm³/mol. The van der Waals surface area contributed by atoms with Gasteiger partial charge in [0.15, 0.2) is 0 Å². The fourth-order valence-corrected chi connectivity index (χ4v) is 2.72. The molecule has 3 aromatic rings. The van der Waals surface area contributed by atoms with Gasteiger partial charge >= 0.3 is 0 Å². The van der Waals surface area contributed by atoms with Gasteiger partial charge in [-0.05, 0) is 36.8 Å². The van der Waals surface area contributed by atoms with Gasteiger partial charge in [-0.2, -0.15) is 0 Å². The molecular weight excluding hydrogens is 326 g/mol. The summed E-state index contributed by atoms with van der Waals surface area (Å²) in [5, 5.41) is 3.97. The summed E-state index contributed by atoms with van der Waals surface area (Å²) in [5.74, 6) is -0.262. The summed E-state index contributed by atoms with van der Waals surface area (Å²) in [6.07, 6.45) is 1.40. The first-order valence-electron chi connectivity index (χ1n) is 7.53. The normalized spacial score (nSPS) is 12.1. The number of carbonyl (C=O) groups excluding carboxylic acids is 1. The minimum atomic E-state index is -0.262. The first-order valence-corrected chi connectivity index (χ1v) is 7.91. The third-order valence-corrected chi connectivity index (χ3v) is 4.01. The van der Waals surface area contributed by atoms with Gasteiger partial charge in [0.25, 0.3) is 5.56 Å². The Balaban J connectivity index is 1.75. The molecule has 0 bridgehead atoms. The van der Waals surface area contributed by atoms with Crippen LogP contribution in [0.5, 0.6) is 0 Å². The summed E-state index contributed by atoms with van der Waals surface area (Å²) >= 11 is 5.97. The van der Waals surface area contributed by atoms with E-state index >= 15 is 0 Å². The predicted octanol–water partition coefficient (Wildman–Crippen LogP) is 2.93. The van der Waals surface area contributed by atoms with Gasteiger partial charge < -0.3 is 5.32 Å². The highest BCUT2D eigenvalue weighted by molar-refractivity contribution is 6.30. The first-order chi connectivity index (χ1) is 11.5. The van der Waals surface area contributed by atoms with Crippen LogP contribution in [0.4, 0.5) is 0 Å². The van der Waals surface area contributed by atoms with Crippen LogP contribution in [-0.4, -0.2) is 15.5 Å². The molecule has 5 nitrogen and oxygen atoms in total. The molecule has 0 fully saturated rings. The average Bonchev–Trinajstić information content (AvgIpc) is 2.57. The summed E-state index contributed by atoms with van der Waals surface area (Å²) in [4.78, 5) is 28.8. The molecule has 1 amide bonds. The SMILES string of the molecule is CC(NC(=O)Cn1cnc2ccccc2c1=O)c1cccc(Cl)c1. The number of halogens is 1. The quantitative estimate of drug-likeness (QED) is 0.793. The Morgan fingerprint density at radius 2 is 2.04 bits per heavy atom. The molecule has 0 spiro atoms. The number of aromatic nitrogens is 2. The monoisotopic (exact) mass is 341 g/mol. The fourth-order valence-electron chi connectivity index (χ4n) is 2.52. The molecule has 1 aromatic heterocycles. The molecule has 0 aliphatic heterocycles. The Morgan fingerprint density at radius 3 is 2.83 bits per heavy atom. The molecule has 122 valence electrons. The number of hydrogen-bond donors (Lipinski definition) is 1. The first kappa shape index (κ1) is 16.2. The van der Waals surface area contributed by atoms with Gasteiger partial charge in [0.2, 0.25) is 5.91 Å². The Morgan fingerprint density at radius 1 is 1.25 bits per heavy atom. The highest BCUT2D eigenvalue weighted by Crippen LogP contribution is 2.17. The molecular formula is C18H16ClN3O2. The minimum absolute atomic E-state index is 0.0818. The Bertz CT molecular complexity index is 952. The van der Waals surface area contributed by atoms with Crippen LogP contribution in [-0.2, 0) is 11.3 Å². The third-order valence-electron chi connectivity index (χ3n) is 3.77. The van der Waals surface area contributed by atoms with Crippen LogP contribution in [0.2, 0.25) is 5.02 Å². The van der Waals surface area contributed by atoms with Crippen LogP contribution in [0, 0.1) is 0 Å². The van der Waals surface area contributed by atoms with E-state index in [4.69, 9.17) is 11.6 Å². The standard InChI is InChI=1S/C18H16ClN3O2/c1-12(13-5-4-6-14(19)9-13)21-17(23)10-22-11-20-16-8-3-2-7-15(16)18(22)24/h2-9,11-12H,10H2,1H3,(H,21,23). The number of benzene rings is 2. The molecule has 1 unspecified atom stereocenters. The average molecular weight is 342 g/mol. The Labute approximate surface area is 143 Å². The van der Waals surface area contributed by atoms with E-state index in [1.807, 2.05) is 25.1 Å². The van der Waals surface area contributed by atoms with Crippen molar-refractivity contribution in [3.63, 3.8) is 0 Å². The Hall–Kier alpha value is -2.66. The van der Waals surface area contributed by atoms with Crippen LogP contribution in [0.25, 0.3) is 10.9 Å². The second-order valence-corrected chi connectivity index (χ2v) is 5.98. The van der Waals surface area contributed by atoms with Crippen LogP contribution < -0.4 is 10.9 Å². The van der Waals surface area contributed by atoms with E-state index < -0.39 is 0 Å². The lowest BCUT2D eigenvalue weighted by Crippen LogP contribution is -2.33.